The van der Waals surface area contributed by atoms with Crippen molar-refractivity contribution in [3.8, 4) is 0 Å². The fraction of sp³-hybridized carbons (Fsp3) is 0.500. The summed E-state index contributed by atoms with van der Waals surface area (Å²) in [6, 6.07) is 5.97. The number of hydrogen-bond donors (Lipinski definition) is 1. The highest BCUT2D eigenvalue weighted by atomic mass is 16.1. The molecule has 1 radical (unpaired) electrons. The Labute approximate surface area is 103 Å². The van der Waals surface area contributed by atoms with Gasteiger partial charge in [0.05, 0.1) is 0 Å². The third-order valence-corrected chi connectivity index (χ3v) is 3.00. The lowest BCUT2D eigenvalue weighted by Crippen LogP contribution is -2.30. The van der Waals surface area contributed by atoms with Crippen molar-refractivity contribution in [2.24, 2.45) is 5.92 Å². The smallest absolute Gasteiger partial charge is 0.251 e. The molecule has 1 aliphatic rings. The molecule has 0 unspecified atom stereocenters. The third-order valence-electron chi connectivity index (χ3n) is 3.00. The molecule has 0 bridgehead atoms. The zero-order valence-corrected chi connectivity index (χ0v) is 10.5. The van der Waals surface area contributed by atoms with Crippen LogP contribution in [0.2, 0.25) is 0 Å². The van der Waals surface area contributed by atoms with Crippen molar-refractivity contribution in [3.63, 3.8) is 0 Å². The van der Waals surface area contributed by atoms with Crippen LogP contribution in [0.25, 0.3) is 0 Å². The van der Waals surface area contributed by atoms with Crippen molar-refractivity contribution in [3.05, 3.63) is 34.9 Å². The van der Waals surface area contributed by atoms with Gasteiger partial charge in [-0.15, -0.1) is 0 Å². The van der Waals surface area contributed by atoms with Crippen molar-refractivity contribution in [1.29, 1.82) is 0 Å². The molecular weight excluding hydrogens is 212 g/mol. The Balaban J connectivity index is 2.17. The molecule has 0 saturated carbocycles. The van der Waals surface area contributed by atoms with E-state index in [0.717, 1.165) is 30.6 Å². The van der Waals surface area contributed by atoms with Crippen LogP contribution >= 0.6 is 0 Å². The summed E-state index contributed by atoms with van der Waals surface area (Å²) in [4.78, 5) is 12.1. The highest BCUT2D eigenvalue weighted by Crippen LogP contribution is 2.19. The minimum atomic E-state index is 0.0349. The summed E-state index contributed by atoms with van der Waals surface area (Å²) in [5.41, 5.74) is 3.18. The first-order chi connectivity index (χ1) is 8.18. The number of fused-ring (bicyclic) bond motifs is 1. The topological polar surface area (TPSA) is 43.2 Å². The van der Waals surface area contributed by atoms with E-state index in [9.17, 15) is 4.79 Å². The molecule has 1 aliphatic heterocycles. The number of carbonyl (C=O) groups is 1. The minimum Gasteiger partial charge on any atom is -0.352 e. The van der Waals surface area contributed by atoms with Crippen LogP contribution in [-0.2, 0) is 13.0 Å². The zero-order valence-electron chi connectivity index (χ0n) is 10.5. The minimum absolute atomic E-state index is 0.0349. The van der Waals surface area contributed by atoms with Crippen LogP contribution in [0.1, 0.15) is 35.3 Å². The second-order valence-electron chi connectivity index (χ2n) is 4.90. The molecule has 0 fully saturated rings. The van der Waals surface area contributed by atoms with Gasteiger partial charge in [0.1, 0.15) is 0 Å². The molecule has 2 rings (SSSR count). The van der Waals surface area contributed by atoms with Crippen molar-refractivity contribution in [1.82, 2.24) is 10.6 Å². The van der Waals surface area contributed by atoms with Crippen LogP contribution in [0.15, 0.2) is 18.2 Å². The van der Waals surface area contributed by atoms with Crippen molar-refractivity contribution in [2.75, 3.05) is 13.1 Å². The van der Waals surface area contributed by atoms with Crippen molar-refractivity contribution in [2.45, 2.75) is 26.8 Å². The highest BCUT2D eigenvalue weighted by Gasteiger charge is 2.17. The molecule has 1 heterocycles. The fourth-order valence-electron chi connectivity index (χ4n) is 2.05. The lowest BCUT2D eigenvalue weighted by molar-refractivity contribution is 0.0947. The average Bonchev–Trinajstić information content (AvgIpc) is 2.35. The molecule has 0 aliphatic carbocycles. The third kappa shape index (κ3) is 2.86. The van der Waals surface area contributed by atoms with Gasteiger partial charge in [0.2, 0.25) is 0 Å². The Hall–Kier alpha value is -1.35. The van der Waals surface area contributed by atoms with Gasteiger partial charge >= 0.3 is 0 Å². The lowest BCUT2D eigenvalue weighted by atomic mass is 9.95. The maximum Gasteiger partial charge on any atom is 0.251 e. The Kier molecular flexibility index (Phi) is 3.79. The van der Waals surface area contributed by atoms with E-state index in [-0.39, 0.29) is 5.91 Å². The monoisotopic (exact) mass is 231 g/mol. The van der Waals surface area contributed by atoms with E-state index in [1.165, 1.54) is 5.56 Å². The highest BCUT2D eigenvalue weighted by molar-refractivity contribution is 5.96. The Bertz CT molecular complexity index is 413. The summed E-state index contributed by atoms with van der Waals surface area (Å²) in [6.07, 6.45) is 0.959. The number of rotatable bonds is 3. The Morgan fingerprint density at radius 1 is 1.47 bits per heavy atom. The first kappa shape index (κ1) is 12.1. The number of nitrogens with one attached hydrogen (secondary N) is 1. The van der Waals surface area contributed by atoms with E-state index < -0.39 is 0 Å². The lowest BCUT2D eigenvalue weighted by Gasteiger charge is -2.19. The van der Waals surface area contributed by atoms with Crippen LogP contribution in [0.5, 0.6) is 0 Å². The van der Waals surface area contributed by atoms with Gasteiger partial charge in [0, 0.05) is 25.2 Å². The predicted octanol–water partition coefficient (Wildman–Crippen LogP) is 1.73. The van der Waals surface area contributed by atoms with Crippen molar-refractivity contribution >= 4 is 5.91 Å². The van der Waals surface area contributed by atoms with Gasteiger partial charge in [-0.1, -0.05) is 26.0 Å². The first-order valence-corrected chi connectivity index (χ1v) is 6.20. The summed E-state index contributed by atoms with van der Waals surface area (Å²) in [6.45, 7) is 6.47. The number of nitrogens with zero attached hydrogens (tertiary/aromatic N) is 1. The quantitative estimate of drug-likeness (QED) is 0.846. The van der Waals surface area contributed by atoms with Crippen LogP contribution in [0.3, 0.4) is 0 Å². The summed E-state index contributed by atoms with van der Waals surface area (Å²) < 4.78 is 0. The van der Waals surface area contributed by atoms with Gasteiger partial charge in [0.25, 0.3) is 5.91 Å². The molecule has 17 heavy (non-hydrogen) atoms. The summed E-state index contributed by atoms with van der Waals surface area (Å²) in [5.74, 6) is 0.510. The number of hydrogen-bond acceptors (Lipinski definition) is 1. The largest absolute Gasteiger partial charge is 0.352 e. The Morgan fingerprint density at radius 3 is 3.06 bits per heavy atom. The SMILES string of the molecule is CC(C)CNC(=O)c1cccc2c1C[N]CC2. The van der Waals surface area contributed by atoms with E-state index in [2.05, 4.69) is 30.5 Å². The average molecular weight is 231 g/mol. The Morgan fingerprint density at radius 2 is 2.29 bits per heavy atom. The zero-order chi connectivity index (χ0) is 12.3. The van der Waals surface area contributed by atoms with Gasteiger partial charge in [0.15, 0.2) is 0 Å². The number of carbonyl (C=O) groups excluding carboxylic acids is 1. The molecule has 0 atom stereocenters. The molecule has 0 spiro atoms. The second-order valence-corrected chi connectivity index (χ2v) is 4.90. The summed E-state index contributed by atoms with van der Waals surface area (Å²) in [7, 11) is 0. The molecule has 1 aromatic carbocycles. The standard InChI is InChI=1S/C14H19N2O/c1-10(2)8-16-14(17)12-5-3-4-11-6-7-15-9-13(11)12/h3-5,10H,6-9H2,1-2H3,(H,16,17). The predicted molar refractivity (Wildman–Crippen MR) is 68.0 cm³/mol. The molecule has 0 saturated heterocycles. The molecule has 91 valence electrons. The van der Waals surface area contributed by atoms with Gasteiger partial charge in [-0.25, -0.2) is 5.32 Å². The van der Waals surface area contributed by atoms with E-state index in [1.54, 1.807) is 0 Å². The van der Waals surface area contributed by atoms with Gasteiger partial charge < -0.3 is 5.32 Å². The van der Waals surface area contributed by atoms with E-state index in [1.807, 2.05) is 12.1 Å². The summed E-state index contributed by atoms with van der Waals surface area (Å²) >= 11 is 0. The molecule has 1 amide bonds. The molecule has 1 aromatic rings. The van der Waals surface area contributed by atoms with Gasteiger partial charge in [-0.2, -0.15) is 0 Å². The molecule has 0 aromatic heterocycles. The van der Waals surface area contributed by atoms with Crippen LogP contribution in [0, 0.1) is 5.92 Å². The van der Waals surface area contributed by atoms with Crippen LogP contribution in [-0.4, -0.2) is 19.0 Å². The van der Waals surface area contributed by atoms with Crippen LogP contribution < -0.4 is 10.6 Å². The first-order valence-electron chi connectivity index (χ1n) is 6.20. The van der Waals surface area contributed by atoms with Crippen LogP contribution in [0.4, 0.5) is 0 Å². The molecular formula is C14H19N2O. The molecule has 3 nitrogen and oxygen atoms in total. The normalized spacial score (nSPS) is 14.5. The van der Waals surface area contributed by atoms with Crippen molar-refractivity contribution < 1.29 is 4.79 Å². The fourth-order valence-corrected chi connectivity index (χ4v) is 2.05. The van der Waals surface area contributed by atoms with Gasteiger partial charge in [-0.05, 0) is 29.5 Å². The van der Waals surface area contributed by atoms with E-state index in [0.29, 0.717) is 12.5 Å². The number of amides is 1. The van der Waals surface area contributed by atoms with Gasteiger partial charge in [-0.3, -0.25) is 4.79 Å². The van der Waals surface area contributed by atoms with E-state index in [4.69, 9.17) is 0 Å². The van der Waals surface area contributed by atoms with E-state index >= 15 is 0 Å². The second kappa shape index (κ2) is 5.32. The molecule has 3 heteroatoms. The number of benzene rings is 1. The molecule has 1 N–H and O–H groups in total. The maximum atomic E-state index is 12.1. The maximum absolute atomic E-state index is 12.1. The summed E-state index contributed by atoms with van der Waals surface area (Å²) in [5, 5.41) is 7.34.